The highest BCUT2D eigenvalue weighted by atomic mass is 16.3. The molecule has 1 aliphatic rings. The molecule has 0 unspecified atom stereocenters. The third-order valence-electron chi connectivity index (χ3n) is 2.94. The van der Waals surface area contributed by atoms with Gasteiger partial charge in [0, 0.05) is 5.56 Å². The molecular formula is C15H10O2. The fraction of sp³-hybridized carbons (Fsp3) is 0. The Kier molecular flexibility index (Phi) is 2.08. The monoisotopic (exact) mass is 222 g/mol. The van der Waals surface area contributed by atoms with Crippen LogP contribution in [0.2, 0.25) is 0 Å². The van der Waals surface area contributed by atoms with Gasteiger partial charge in [-0.1, -0.05) is 36.4 Å². The quantitative estimate of drug-likeness (QED) is 0.804. The van der Waals surface area contributed by atoms with Crippen molar-refractivity contribution in [3.05, 3.63) is 59.7 Å². The summed E-state index contributed by atoms with van der Waals surface area (Å²) in [6.45, 7) is 0. The predicted octanol–water partition coefficient (Wildman–Crippen LogP) is 3.27. The van der Waals surface area contributed by atoms with Crippen LogP contribution in [0, 0.1) is 0 Å². The molecule has 0 bridgehead atoms. The van der Waals surface area contributed by atoms with E-state index in [1.165, 1.54) is 0 Å². The van der Waals surface area contributed by atoms with Crippen LogP contribution in [0.1, 0.15) is 15.9 Å². The molecular weight excluding hydrogens is 212 g/mol. The lowest BCUT2D eigenvalue weighted by molar-refractivity contribution is 0.105. The van der Waals surface area contributed by atoms with Crippen molar-refractivity contribution in [3.8, 4) is 16.9 Å². The molecule has 0 heterocycles. The molecule has 0 amide bonds. The lowest BCUT2D eigenvalue weighted by Crippen LogP contribution is -1.95. The molecule has 0 atom stereocenters. The average Bonchev–Trinajstić information content (AvgIpc) is 2.73. The minimum absolute atomic E-state index is 0.0451. The summed E-state index contributed by atoms with van der Waals surface area (Å²) in [5.74, 6) is 0.273. The fourth-order valence-electron chi connectivity index (χ4n) is 2.11. The molecule has 0 saturated carbocycles. The normalized spacial score (nSPS) is 12.8. The van der Waals surface area contributed by atoms with E-state index >= 15 is 0 Å². The number of carbonyl (C=O) groups excluding carboxylic acids is 1. The molecule has 2 aromatic rings. The van der Waals surface area contributed by atoms with E-state index in [0.29, 0.717) is 0 Å². The number of hydrogen-bond donors (Lipinski definition) is 1. The highest BCUT2D eigenvalue weighted by Crippen LogP contribution is 2.31. The van der Waals surface area contributed by atoms with Gasteiger partial charge in [0.15, 0.2) is 5.78 Å². The number of phenolic OH excluding ortho intramolecular Hbond substituents is 1. The van der Waals surface area contributed by atoms with Crippen LogP contribution >= 0.6 is 0 Å². The van der Waals surface area contributed by atoms with Crippen molar-refractivity contribution in [2.24, 2.45) is 0 Å². The Balaban J connectivity index is 2.20. The Bertz CT molecular complexity index is 622. The van der Waals surface area contributed by atoms with Crippen molar-refractivity contribution < 1.29 is 9.90 Å². The first-order valence-electron chi connectivity index (χ1n) is 5.40. The Labute approximate surface area is 98.8 Å². The number of rotatable bonds is 1. The molecule has 1 aliphatic carbocycles. The van der Waals surface area contributed by atoms with Crippen LogP contribution in [0.5, 0.6) is 5.75 Å². The number of aromatic hydroxyl groups is 1. The van der Waals surface area contributed by atoms with Crippen LogP contribution in [-0.2, 0) is 0 Å². The molecule has 3 rings (SSSR count). The molecule has 17 heavy (non-hydrogen) atoms. The van der Waals surface area contributed by atoms with Gasteiger partial charge in [-0.2, -0.15) is 0 Å². The summed E-state index contributed by atoms with van der Waals surface area (Å²) in [5.41, 5.74) is 3.56. The van der Waals surface area contributed by atoms with Crippen molar-refractivity contribution in [1.29, 1.82) is 0 Å². The summed E-state index contributed by atoms with van der Waals surface area (Å²) in [5, 5.41) is 9.27. The third kappa shape index (κ3) is 1.54. The fourth-order valence-corrected chi connectivity index (χ4v) is 2.11. The Morgan fingerprint density at radius 2 is 1.65 bits per heavy atom. The van der Waals surface area contributed by atoms with Crippen molar-refractivity contribution in [3.63, 3.8) is 0 Å². The molecule has 2 nitrogen and oxygen atoms in total. The maximum Gasteiger partial charge on any atom is 0.187 e. The van der Waals surface area contributed by atoms with Crippen LogP contribution in [-0.4, -0.2) is 10.9 Å². The molecule has 1 N–H and O–H groups in total. The van der Waals surface area contributed by atoms with Gasteiger partial charge in [0.2, 0.25) is 0 Å². The second-order valence-corrected chi connectivity index (χ2v) is 4.01. The molecule has 82 valence electrons. The molecule has 0 radical (unpaired) electrons. The summed E-state index contributed by atoms with van der Waals surface area (Å²) < 4.78 is 0. The van der Waals surface area contributed by atoms with Crippen LogP contribution in [0.25, 0.3) is 17.2 Å². The summed E-state index contributed by atoms with van der Waals surface area (Å²) >= 11 is 0. The zero-order valence-corrected chi connectivity index (χ0v) is 9.05. The van der Waals surface area contributed by atoms with Gasteiger partial charge in [-0.3, -0.25) is 4.79 Å². The Morgan fingerprint density at radius 1 is 0.882 bits per heavy atom. The standard InChI is InChI=1S/C15H10O2/c16-12-7-4-10(5-8-12)13-3-1-2-11-6-9-14(17)15(11)13/h1-9,16H. The molecule has 2 heteroatoms. The Hall–Kier alpha value is -2.35. The van der Waals surface area contributed by atoms with Gasteiger partial charge in [-0.25, -0.2) is 0 Å². The molecule has 2 aromatic carbocycles. The van der Waals surface area contributed by atoms with Crippen LogP contribution in [0.4, 0.5) is 0 Å². The largest absolute Gasteiger partial charge is 0.508 e. The van der Waals surface area contributed by atoms with E-state index in [0.717, 1.165) is 22.3 Å². The van der Waals surface area contributed by atoms with Gasteiger partial charge >= 0.3 is 0 Å². The number of fused-ring (bicyclic) bond motifs is 1. The highest BCUT2D eigenvalue weighted by molar-refractivity contribution is 6.17. The molecule has 0 fully saturated rings. The predicted molar refractivity (Wildman–Crippen MR) is 66.9 cm³/mol. The van der Waals surface area contributed by atoms with E-state index in [2.05, 4.69) is 0 Å². The smallest absolute Gasteiger partial charge is 0.187 e. The van der Waals surface area contributed by atoms with Gasteiger partial charge in [-0.15, -0.1) is 0 Å². The molecule has 0 saturated heterocycles. The number of phenols is 1. The van der Waals surface area contributed by atoms with E-state index in [1.807, 2.05) is 36.4 Å². The van der Waals surface area contributed by atoms with E-state index in [4.69, 9.17) is 0 Å². The van der Waals surface area contributed by atoms with Gasteiger partial charge < -0.3 is 5.11 Å². The van der Waals surface area contributed by atoms with Crippen molar-refractivity contribution >= 4 is 11.9 Å². The zero-order valence-electron chi connectivity index (χ0n) is 9.05. The SMILES string of the molecule is O=C1C=Cc2cccc(-c3ccc(O)cc3)c21. The molecule has 0 aromatic heterocycles. The maximum absolute atomic E-state index is 11.8. The van der Waals surface area contributed by atoms with E-state index in [1.54, 1.807) is 18.2 Å². The highest BCUT2D eigenvalue weighted by Gasteiger charge is 2.18. The number of hydrogen-bond acceptors (Lipinski definition) is 2. The average molecular weight is 222 g/mol. The summed E-state index contributed by atoms with van der Waals surface area (Å²) in [6, 6.07) is 12.7. The van der Waals surface area contributed by atoms with Crippen LogP contribution in [0.15, 0.2) is 48.5 Å². The van der Waals surface area contributed by atoms with Crippen LogP contribution < -0.4 is 0 Å². The third-order valence-corrected chi connectivity index (χ3v) is 2.94. The maximum atomic E-state index is 11.8. The van der Waals surface area contributed by atoms with Crippen molar-refractivity contribution in [2.75, 3.05) is 0 Å². The second-order valence-electron chi connectivity index (χ2n) is 4.01. The number of carbonyl (C=O) groups is 1. The van der Waals surface area contributed by atoms with Gasteiger partial charge in [0.1, 0.15) is 5.75 Å². The van der Waals surface area contributed by atoms with Crippen molar-refractivity contribution in [2.45, 2.75) is 0 Å². The lowest BCUT2D eigenvalue weighted by Gasteiger charge is -2.07. The zero-order chi connectivity index (χ0) is 11.8. The number of benzene rings is 2. The number of ketones is 1. The Morgan fingerprint density at radius 3 is 2.41 bits per heavy atom. The van der Waals surface area contributed by atoms with E-state index < -0.39 is 0 Å². The molecule has 0 aliphatic heterocycles. The van der Waals surface area contributed by atoms with Gasteiger partial charge in [0.25, 0.3) is 0 Å². The van der Waals surface area contributed by atoms with Gasteiger partial charge in [0.05, 0.1) is 0 Å². The van der Waals surface area contributed by atoms with Gasteiger partial charge in [-0.05, 0) is 34.9 Å². The topological polar surface area (TPSA) is 37.3 Å². The first-order valence-corrected chi connectivity index (χ1v) is 5.40. The first kappa shape index (κ1) is 9.85. The lowest BCUT2D eigenvalue weighted by atomic mass is 9.96. The summed E-state index contributed by atoms with van der Waals surface area (Å²) in [6.07, 6.45) is 3.43. The summed E-state index contributed by atoms with van der Waals surface area (Å²) in [7, 11) is 0. The first-order chi connectivity index (χ1) is 8.25. The molecule has 0 spiro atoms. The number of allylic oxidation sites excluding steroid dienone is 1. The second kappa shape index (κ2) is 3.59. The minimum Gasteiger partial charge on any atom is -0.508 e. The van der Waals surface area contributed by atoms with E-state index in [9.17, 15) is 9.90 Å². The minimum atomic E-state index is 0.0451. The van der Waals surface area contributed by atoms with Crippen molar-refractivity contribution in [1.82, 2.24) is 0 Å². The van der Waals surface area contributed by atoms with Crippen LogP contribution in [0.3, 0.4) is 0 Å². The van der Waals surface area contributed by atoms with E-state index in [-0.39, 0.29) is 11.5 Å². The summed E-state index contributed by atoms with van der Waals surface area (Å²) in [4.78, 5) is 11.8.